The Kier molecular flexibility index (Phi) is 2.71. The van der Waals surface area contributed by atoms with Crippen molar-refractivity contribution in [3.63, 3.8) is 0 Å². The van der Waals surface area contributed by atoms with Gasteiger partial charge in [-0.1, -0.05) is 6.07 Å². The highest BCUT2D eigenvalue weighted by Crippen LogP contribution is 2.22. The van der Waals surface area contributed by atoms with Crippen molar-refractivity contribution in [1.29, 1.82) is 0 Å². The molecule has 0 saturated carbocycles. The summed E-state index contributed by atoms with van der Waals surface area (Å²) in [6, 6.07) is 3.70. The third-order valence-electron chi connectivity index (χ3n) is 2.24. The highest BCUT2D eigenvalue weighted by Gasteiger charge is 2.03. The fourth-order valence-corrected chi connectivity index (χ4v) is 1.24. The molecule has 66 valence electrons. The molecule has 2 heteroatoms. The van der Waals surface area contributed by atoms with Crippen molar-refractivity contribution in [3.05, 3.63) is 28.8 Å². The van der Waals surface area contributed by atoms with E-state index in [9.17, 15) is 5.11 Å². The van der Waals surface area contributed by atoms with Gasteiger partial charge in [-0.15, -0.1) is 0 Å². The number of hydrogen-bond donors (Lipinski definition) is 2. The molecule has 0 fully saturated rings. The van der Waals surface area contributed by atoms with E-state index in [1.807, 2.05) is 27.0 Å². The van der Waals surface area contributed by atoms with Crippen LogP contribution < -0.4 is 5.32 Å². The summed E-state index contributed by atoms with van der Waals surface area (Å²) in [7, 11) is 1.92. The van der Waals surface area contributed by atoms with Crippen LogP contribution in [0.15, 0.2) is 12.1 Å². The maximum Gasteiger partial charge on any atom is 0.118 e. The lowest BCUT2D eigenvalue weighted by Gasteiger charge is -2.09. The molecule has 0 spiro atoms. The highest BCUT2D eigenvalue weighted by atomic mass is 16.3. The van der Waals surface area contributed by atoms with Gasteiger partial charge >= 0.3 is 0 Å². The van der Waals surface area contributed by atoms with Crippen molar-refractivity contribution in [2.75, 3.05) is 7.05 Å². The van der Waals surface area contributed by atoms with E-state index in [-0.39, 0.29) is 0 Å². The minimum atomic E-state index is 0.382. The van der Waals surface area contributed by atoms with Crippen LogP contribution in [-0.4, -0.2) is 12.2 Å². The first-order chi connectivity index (χ1) is 5.66. The van der Waals surface area contributed by atoms with E-state index in [1.165, 1.54) is 11.1 Å². The summed E-state index contributed by atoms with van der Waals surface area (Å²) < 4.78 is 0. The second-order valence-corrected chi connectivity index (χ2v) is 3.02. The monoisotopic (exact) mass is 165 g/mol. The van der Waals surface area contributed by atoms with Gasteiger partial charge in [-0.25, -0.2) is 0 Å². The molecule has 0 amide bonds. The molecule has 0 unspecified atom stereocenters. The smallest absolute Gasteiger partial charge is 0.118 e. The Bertz CT molecular complexity index is 281. The number of nitrogens with one attached hydrogen (secondary N) is 1. The van der Waals surface area contributed by atoms with Crippen LogP contribution in [0.3, 0.4) is 0 Å². The maximum absolute atomic E-state index is 9.37. The molecule has 0 bridgehead atoms. The van der Waals surface area contributed by atoms with Crippen LogP contribution >= 0.6 is 0 Å². The fourth-order valence-electron chi connectivity index (χ4n) is 1.24. The van der Waals surface area contributed by atoms with Crippen LogP contribution in [0.2, 0.25) is 0 Å². The normalized spacial score (nSPS) is 10.2. The summed E-state index contributed by atoms with van der Waals surface area (Å²) in [6.45, 7) is 4.82. The van der Waals surface area contributed by atoms with Gasteiger partial charge in [-0.05, 0) is 43.7 Å². The van der Waals surface area contributed by atoms with Gasteiger partial charge in [-0.3, -0.25) is 0 Å². The van der Waals surface area contributed by atoms with Gasteiger partial charge in [-0.2, -0.15) is 0 Å². The zero-order chi connectivity index (χ0) is 9.14. The Morgan fingerprint density at radius 3 is 2.50 bits per heavy atom. The summed E-state index contributed by atoms with van der Waals surface area (Å²) in [5, 5.41) is 12.5. The van der Waals surface area contributed by atoms with Crippen molar-refractivity contribution in [2.45, 2.75) is 20.4 Å². The van der Waals surface area contributed by atoms with Crippen molar-refractivity contribution in [2.24, 2.45) is 0 Å². The first-order valence-corrected chi connectivity index (χ1v) is 4.09. The topological polar surface area (TPSA) is 32.3 Å². The van der Waals surface area contributed by atoms with Crippen LogP contribution in [0.25, 0.3) is 0 Å². The summed E-state index contributed by atoms with van der Waals surface area (Å²) in [6.07, 6.45) is 0. The van der Waals surface area contributed by atoms with E-state index < -0.39 is 0 Å². The third-order valence-corrected chi connectivity index (χ3v) is 2.24. The van der Waals surface area contributed by atoms with Crippen molar-refractivity contribution in [3.8, 4) is 5.75 Å². The number of rotatable bonds is 2. The predicted octanol–water partition coefficient (Wildman–Crippen LogP) is 1.73. The maximum atomic E-state index is 9.37. The SMILES string of the molecule is CNCc1ccc(O)c(C)c1C. The van der Waals surface area contributed by atoms with Crippen molar-refractivity contribution < 1.29 is 5.11 Å². The average molecular weight is 165 g/mol. The van der Waals surface area contributed by atoms with E-state index in [2.05, 4.69) is 5.32 Å². The van der Waals surface area contributed by atoms with E-state index in [0.717, 1.165) is 12.1 Å². The molecular formula is C10H15NO. The fraction of sp³-hybridized carbons (Fsp3) is 0.400. The lowest BCUT2D eigenvalue weighted by molar-refractivity contribution is 0.470. The Balaban J connectivity index is 3.08. The van der Waals surface area contributed by atoms with Crippen molar-refractivity contribution in [1.82, 2.24) is 5.32 Å². The van der Waals surface area contributed by atoms with Crippen LogP contribution in [0, 0.1) is 13.8 Å². The van der Waals surface area contributed by atoms with Gasteiger partial charge in [0.05, 0.1) is 0 Å². The van der Waals surface area contributed by atoms with Crippen LogP contribution in [-0.2, 0) is 6.54 Å². The van der Waals surface area contributed by atoms with Gasteiger partial charge in [0.2, 0.25) is 0 Å². The molecule has 1 aromatic carbocycles. The summed E-state index contributed by atoms with van der Waals surface area (Å²) >= 11 is 0. The van der Waals surface area contributed by atoms with Gasteiger partial charge in [0.1, 0.15) is 5.75 Å². The first kappa shape index (κ1) is 9.07. The van der Waals surface area contributed by atoms with Crippen LogP contribution in [0.5, 0.6) is 5.75 Å². The number of phenols is 1. The van der Waals surface area contributed by atoms with Crippen LogP contribution in [0.1, 0.15) is 16.7 Å². The number of phenolic OH excluding ortho intramolecular Hbond substituents is 1. The molecule has 0 saturated heterocycles. The lowest BCUT2D eigenvalue weighted by Crippen LogP contribution is -2.07. The molecule has 1 rings (SSSR count). The lowest BCUT2D eigenvalue weighted by atomic mass is 10.0. The Morgan fingerprint density at radius 1 is 1.25 bits per heavy atom. The zero-order valence-corrected chi connectivity index (χ0v) is 7.81. The van der Waals surface area contributed by atoms with E-state index in [1.54, 1.807) is 6.07 Å². The molecule has 0 atom stereocenters. The Morgan fingerprint density at radius 2 is 1.92 bits per heavy atom. The third kappa shape index (κ3) is 1.59. The number of benzene rings is 1. The molecule has 1 aromatic rings. The molecule has 0 aromatic heterocycles. The number of aromatic hydroxyl groups is 1. The molecular weight excluding hydrogens is 150 g/mol. The molecule has 0 aliphatic carbocycles. The molecule has 2 nitrogen and oxygen atoms in total. The number of hydrogen-bond acceptors (Lipinski definition) is 2. The first-order valence-electron chi connectivity index (χ1n) is 4.09. The van der Waals surface area contributed by atoms with E-state index >= 15 is 0 Å². The van der Waals surface area contributed by atoms with Gasteiger partial charge in [0.25, 0.3) is 0 Å². The molecule has 0 heterocycles. The predicted molar refractivity (Wildman–Crippen MR) is 50.3 cm³/mol. The van der Waals surface area contributed by atoms with Gasteiger partial charge < -0.3 is 10.4 Å². The largest absolute Gasteiger partial charge is 0.508 e. The quantitative estimate of drug-likeness (QED) is 0.699. The molecule has 2 N–H and O–H groups in total. The van der Waals surface area contributed by atoms with Crippen molar-refractivity contribution >= 4 is 0 Å². The zero-order valence-electron chi connectivity index (χ0n) is 7.81. The Labute approximate surface area is 73.2 Å². The standard InChI is InChI=1S/C10H15NO/c1-7-8(2)10(12)5-4-9(7)6-11-3/h4-5,11-12H,6H2,1-3H3. The van der Waals surface area contributed by atoms with Gasteiger partial charge in [0.15, 0.2) is 0 Å². The van der Waals surface area contributed by atoms with Crippen LogP contribution in [0.4, 0.5) is 0 Å². The van der Waals surface area contributed by atoms with E-state index in [4.69, 9.17) is 0 Å². The van der Waals surface area contributed by atoms with E-state index in [0.29, 0.717) is 5.75 Å². The molecule has 0 radical (unpaired) electrons. The molecule has 12 heavy (non-hydrogen) atoms. The summed E-state index contributed by atoms with van der Waals surface area (Å²) in [4.78, 5) is 0. The minimum absolute atomic E-state index is 0.382. The summed E-state index contributed by atoms with van der Waals surface area (Å²) in [5.41, 5.74) is 3.39. The minimum Gasteiger partial charge on any atom is -0.508 e. The molecule has 0 aliphatic rings. The average Bonchev–Trinajstić information content (AvgIpc) is 2.07. The highest BCUT2D eigenvalue weighted by molar-refractivity contribution is 5.42. The Hall–Kier alpha value is -1.02. The second-order valence-electron chi connectivity index (χ2n) is 3.02. The second kappa shape index (κ2) is 3.59. The molecule has 0 aliphatic heterocycles. The summed E-state index contributed by atoms with van der Waals surface area (Å²) in [5.74, 6) is 0.382. The van der Waals surface area contributed by atoms with Gasteiger partial charge in [0, 0.05) is 6.54 Å².